The Labute approximate surface area is 124 Å². The van der Waals surface area contributed by atoms with Gasteiger partial charge in [-0.05, 0) is 43.2 Å². The summed E-state index contributed by atoms with van der Waals surface area (Å²) in [6.45, 7) is 2.38. The Bertz CT molecular complexity index is 614. The second kappa shape index (κ2) is 7.28. The van der Waals surface area contributed by atoms with Gasteiger partial charge in [-0.1, -0.05) is 12.1 Å². The van der Waals surface area contributed by atoms with E-state index in [0.717, 1.165) is 5.56 Å². The third-order valence-corrected chi connectivity index (χ3v) is 2.92. The van der Waals surface area contributed by atoms with Crippen molar-refractivity contribution < 1.29 is 9.53 Å². The summed E-state index contributed by atoms with van der Waals surface area (Å²) >= 11 is 0. The first-order chi connectivity index (χ1) is 10.2. The molecule has 0 saturated carbocycles. The monoisotopic (exact) mass is 285 g/mol. The van der Waals surface area contributed by atoms with Crippen molar-refractivity contribution in [1.29, 1.82) is 0 Å². The second-order valence-corrected chi connectivity index (χ2v) is 4.58. The predicted octanol–water partition coefficient (Wildman–Crippen LogP) is 2.63. The van der Waals surface area contributed by atoms with E-state index in [1.54, 1.807) is 18.3 Å². The van der Waals surface area contributed by atoms with Gasteiger partial charge in [0.05, 0.1) is 6.61 Å². The van der Waals surface area contributed by atoms with Crippen LogP contribution in [0, 0.1) is 0 Å². The number of benzene rings is 1. The van der Waals surface area contributed by atoms with Gasteiger partial charge in [0, 0.05) is 18.3 Å². The Morgan fingerprint density at radius 2 is 2.19 bits per heavy atom. The average molecular weight is 285 g/mol. The normalized spacial score (nSPS) is 10.1. The van der Waals surface area contributed by atoms with Crippen LogP contribution in [-0.4, -0.2) is 17.5 Å². The van der Waals surface area contributed by atoms with Gasteiger partial charge >= 0.3 is 0 Å². The minimum absolute atomic E-state index is 0.0774. The third kappa shape index (κ3) is 4.49. The van der Waals surface area contributed by atoms with E-state index in [-0.39, 0.29) is 5.91 Å². The number of nitrogens with one attached hydrogen (secondary N) is 1. The molecule has 5 heteroatoms. The molecule has 0 atom stereocenters. The van der Waals surface area contributed by atoms with Gasteiger partial charge in [0.1, 0.15) is 5.69 Å². The van der Waals surface area contributed by atoms with E-state index in [0.29, 0.717) is 36.7 Å². The first-order valence-corrected chi connectivity index (χ1v) is 6.91. The zero-order valence-electron chi connectivity index (χ0n) is 12.0. The number of nitrogens with two attached hydrogens (primary N) is 1. The molecule has 0 aliphatic heterocycles. The first-order valence-electron chi connectivity index (χ1n) is 6.91. The van der Waals surface area contributed by atoms with E-state index in [4.69, 9.17) is 10.5 Å². The lowest BCUT2D eigenvalue weighted by Gasteiger charge is -2.10. The summed E-state index contributed by atoms with van der Waals surface area (Å²) in [5.74, 6) is 0.365. The maximum absolute atomic E-state index is 12.0. The molecule has 0 aliphatic rings. The summed E-state index contributed by atoms with van der Waals surface area (Å²) in [7, 11) is 0. The number of carbonyl (C=O) groups is 1. The summed E-state index contributed by atoms with van der Waals surface area (Å²) in [6.07, 6.45) is 2.65. The van der Waals surface area contributed by atoms with Gasteiger partial charge in [0.25, 0.3) is 0 Å². The molecule has 0 unspecified atom stereocenters. The molecule has 1 aromatic carbocycles. The summed E-state index contributed by atoms with van der Waals surface area (Å²) in [5.41, 5.74) is 8.06. The Hall–Kier alpha value is -2.56. The Morgan fingerprint density at radius 3 is 2.95 bits per heavy atom. The number of aryl methyl sites for hydroxylation is 1. The van der Waals surface area contributed by atoms with Crippen LogP contribution in [0.1, 0.15) is 18.9 Å². The second-order valence-electron chi connectivity index (χ2n) is 4.58. The van der Waals surface area contributed by atoms with Crippen LogP contribution in [0.25, 0.3) is 0 Å². The number of aromatic nitrogens is 1. The molecular weight excluding hydrogens is 266 g/mol. The molecule has 21 heavy (non-hydrogen) atoms. The number of nitrogens with zero attached hydrogens (tertiary/aromatic N) is 1. The number of pyridine rings is 1. The van der Waals surface area contributed by atoms with Crippen LogP contribution in [0.3, 0.4) is 0 Å². The Morgan fingerprint density at radius 1 is 1.33 bits per heavy atom. The number of carbonyl (C=O) groups excluding carboxylic acids is 1. The Balaban J connectivity index is 1.93. The summed E-state index contributed by atoms with van der Waals surface area (Å²) in [5, 5.41) is 2.82. The van der Waals surface area contributed by atoms with Crippen LogP contribution >= 0.6 is 0 Å². The van der Waals surface area contributed by atoms with Crippen molar-refractivity contribution in [2.75, 3.05) is 17.7 Å². The fourth-order valence-electron chi connectivity index (χ4n) is 1.96. The third-order valence-electron chi connectivity index (χ3n) is 2.92. The van der Waals surface area contributed by atoms with Crippen LogP contribution in [0.5, 0.6) is 5.88 Å². The van der Waals surface area contributed by atoms with Crippen LogP contribution in [0.2, 0.25) is 0 Å². The molecule has 0 aliphatic carbocycles. The maximum atomic E-state index is 12.0. The smallest absolute Gasteiger partial charge is 0.237 e. The van der Waals surface area contributed by atoms with E-state index in [1.807, 2.05) is 31.2 Å². The highest BCUT2D eigenvalue weighted by molar-refractivity contribution is 5.92. The van der Waals surface area contributed by atoms with Crippen molar-refractivity contribution in [2.24, 2.45) is 0 Å². The zero-order valence-corrected chi connectivity index (χ0v) is 12.0. The van der Waals surface area contributed by atoms with Crippen molar-refractivity contribution in [3.63, 3.8) is 0 Å². The lowest BCUT2D eigenvalue weighted by Crippen LogP contribution is -2.13. The van der Waals surface area contributed by atoms with Gasteiger partial charge < -0.3 is 15.8 Å². The highest BCUT2D eigenvalue weighted by atomic mass is 16.5. The lowest BCUT2D eigenvalue weighted by atomic mass is 10.1. The number of hydrogen-bond donors (Lipinski definition) is 2. The number of rotatable bonds is 6. The van der Waals surface area contributed by atoms with E-state index < -0.39 is 0 Å². The van der Waals surface area contributed by atoms with E-state index >= 15 is 0 Å². The fraction of sp³-hybridized carbons (Fsp3) is 0.250. The highest BCUT2D eigenvalue weighted by Crippen LogP contribution is 2.20. The van der Waals surface area contributed by atoms with E-state index in [2.05, 4.69) is 10.3 Å². The highest BCUT2D eigenvalue weighted by Gasteiger charge is 2.08. The van der Waals surface area contributed by atoms with Gasteiger partial charge in [-0.25, -0.2) is 4.98 Å². The quantitative estimate of drug-likeness (QED) is 0.800. The van der Waals surface area contributed by atoms with Gasteiger partial charge in [0.2, 0.25) is 11.8 Å². The molecule has 0 saturated heterocycles. The average Bonchev–Trinajstić information content (AvgIpc) is 2.48. The number of ether oxygens (including phenoxy) is 1. The summed E-state index contributed by atoms with van der Waals surface area (Å²) < 4.78 is 5.37. The largest absolute Gasteiger partial charge is 0.476 e. The molecule has 3 N–H and O–H groups in total. The number of anilines is 2. The Kier molecular flexibility index (Phi) is 5.15. The molecule has 1 amide bonds. The number of nitrogen functional groups attached to an aromatic ring is 1. The standard InChI is InChI=1S/C16H19N3O2/c1-2-21-16-14(7-4-10-18-16)19-15(20)9-8-12-5-3-6-13(17)11-12/h3-7,10-11H,2,8-9,17H2,1H3,(H,19,20). The van der Waals surface area contributed by atoms with E-state index in [9.17, 15) is 4.79 Å². The van der Waals surface area contributed by atoms with Crippen molar-refractivity contribution >= 4 is 17.3 Å². The van der Waals surface area contributed by atoms with Crippen LogP contribution < -0.4 is 15.8 Å². The van der Waals surface area contributed by atoms with Crippen LogP contribution in [0.15, 0.2) is 42.6 Å². The molecule has 5 nitrogen and oxygen atoms in total. The molecule has 1 aromatic heterocycles. The van der Waals surface area contributed by atoms with Gasteiger partial charge in [-0.3, -0.25) is 4.79 Å². The zero-order chi connectivity index (χ0) is 15.1. The molecule has 1 heterocycles. The van der Waals surface area contributed by atoms with Gasteiger partial charge in [0.15, 0.2) is 0 Å². The fourth-order valence-corrected chi connectivity index (χ4v) is 1.96. The number of hydrogen-bond acceptors (Lipinski definition) is 4. The summed E-state index contributed by atoms with van der Waals surface area (Å²) in [4.78, 5) is 16.1. The SMILES string of the molecule is CCOc1ncccc1NC(=O)CCc1cccc(N)c1. The minimum Gasteiger partial charge on any atom is -0.476 e. The first kappa shape index (κ1) is 14.8. The van der Waals surface area contributed by atoms with E-state index in [1.165, 1.54) is 0 Å². The van der Waals surface area contributed by atoms with Gasteiger partial charge in [-0.2, -0.15) is 0 Å². The molecule has 0 spiro atoms. The molecule has 2 aromatic rings. The van der Waals surface area contributed by atoms with Crippen LogP contribution in [-0.2, 0) is 11.2 Å². The molecule has 110 valence electrons. The molecule has 0 fully saturated rings. The minimum atomic E-state index is -0.0774. The van der Waals surface area contributed by atoms with Crippen LogP contribution in [0.4, 0.5) is 11.4 Å². The van der Waals surface area contributed by atoms with Crippen molar-refractivity contribution in [1.82, 2.24) is 4.98 Å². The van der Waals surface area contributed by atoms with Crippen molar-refractivity contribution in [3.8, 4) is 5.88 Å². The molecule has 0 radical (unpaired) electrons. The molecule has 0 bridgehead atoms. The number of amides is 1. The molecular formula is C16H19N3O2. The maximum Gasteiger partial charge on any atom is 0.237 e. The van der Waals surface area contributed by atoms with Gasteiger partial charge in [-0.15, -0.1) is 0 Å². The topological polar surface area (TPSA) is 77.2 Å². The van der Waals surface area contributed by atoms with Crippen molar-refractivity contribution in [2.45, 2.75) is 19.8 Å². The van der Waals surface area contributed by atoms with Crippen molar-refractivity contribution in [3.05, 3.63) is 48.2 Å². The molecule has 2 rings (SSSR count). The predicted molar refractivity (Wildman–Crippen MR) is 83.2 cm³/mol. The summed E-state index contributed by atoms with van der Waals surface area (Å²) in [6, 6.07) is 11.1. The lowest BCUT2D eigenvalue weighted by molar-refractivity contribution is -0.116.